The molecule has 0 saturated heterocycles. The number of unbranched alkanes of at least 4 members (excludes halogenated alkanes) is 2. The first-order valence-electron chi connectivity index (χ1n) is 11.4. The summed E-state index contributed by atoms with van der Waals surface area (Å²) in [5.41, 5.74) is 0. The van der Waals surface area contributed by atoms with Gasteiger partial charge in [-0.15, -0.1) is 0 Å². The van der Waals surface area contributed by atoms with E-state index in [1.807, 2.05) is 0 Å². The van der Waals surface area contributed by atoms with Crippen molar-refractivity contribution in [1.82, 2.24) is 0 Å². The SMILES string of the molecule is CCCCC(CCC(C)C)OC(=O)/C=C\C(=O)OC(CCCC)CCC(C)C. The molecule has 0 rings (SSSR count). The van der Waals surface area contributed by atoms with Gasteiger partial charge in [0.15, 0.2) is 0 Å². The molecule has 2 unspecified atom stereocenters. The Kier molecular flexibility index (Phi) is 15.8. The number of esters is 2. The maximum absolute atomic E-state index is 12.1. The molecule has 164 valence electrons. The lowest BCUT2D eigenvalue weighted by Gasteiger charge is -2.18. The summed E-state index contributed by atoms with van der Waals surface area (Å²) >= 11 is 0. The highest BCUT2D eigenvalue weighted by Crippen LogP contribution is 2.17. The predicted octanol–water partition coefficient (Wildman–Crippen LogP) is 6.62. The molecule has 0 radical (unpaired) electrons. The van der Waals surface area contributed by atoms with Gasteiger partial charge in [0.2, 0.25) is 0 Å². The number of carbonyl (C=O) groups excluding carboxylic acids is 2. The van der Waals surface area contributed by atoms with Crippen LogP contribution in [0, 0.1) is 11.8 Å². The third-order valence-electron chi connectivity index (χ3n) is 4.81. The van der Waals surface area contributed by atoms with Crippen molar-refractivity contribution in [1.29, 1.82) is 0 Å². The normalized spacial score (nSPS) is 13.9. The summed E-state index contributed by atoms with van der Waals surface area (Å²) in [5.74, 6) is 0.265. The van der Waals surface area contributed by atoms with Crippen molar-refractivity contribution in [2.75, 3.05) is 0 Å². The van der Waals surface area contributed by atoms with Crippen molar-refractivity contribution in [3.8, 4) is 0 Å². The molecule has 0 saturated carbocycles. The molecule has 0 aliphatic rings. The van der Waals surface area contributed by atoms with Crippen LogP contribution in [0.3, 0.4) is 0 Å². The maximum atomic E-state index is 12.1. The number of carbonyl (C=O) groups is 2. The van der Waals surface area contributed by atoms with Crippen LogP contribution in [0.2, 0.25) is 0 Å². The van der Waals surface area contributed by atoms with E-state index >= 15 is 0 Å². The fourth-order valence-corrected chi connectivity index (χ4v) is 2.97. The highest BCUT2D eigenvalue weighted by atomic mass is 16.5. The lowest BCUT2D eigenvalue weighted by molar-refractivity contribution is -0.146. The summed E-state index contributed by atoms with van der Waals surface area (Å²) in [6.07, 6.45) is 12.1. The average Bonchev–Trinajstić information content (AvgIpc) is 2.64. The minimum absolute atomic E-state index is 0.0705. The first-order valence-corrected chi connectivity index (χ1v) is 11.4. The lowest BCUT2D eigenvalue weighted by Crippen LogP contribution is -2.19. The molecule has 0 spiro atoms. The highest BCUT2D eigenvalue weighted by molar-refractivity contribution is 5.91. The standard InChI is InChI=1S/C24H44O4/c1-7-9-11-21(15-13-19(3)4)27-23(25)17-18-24(26)28-22(12-10-8-2)16-14-20(5)6/h17-22H,7-16H2,1-6H3/b18-17-. The van der Waals surface area contributed by atoms with Crippen LogP contribution in [0.25, 0.3) is 0 Å². The zero-order valence-corrected chi connectivity index (χ0v) is 19.2. The van der Waals surface area contributed by atoms with Gasteiger partial charge in [0.1, 0.15) is 12.2 Å². The molecule has 0 aliphatic heterocycles. The van der Waals surface area contributed by atoms with Gasteiger partial charge in [0.05, 0.1) is 0 Å². The van der Waals surface area contributed by atoms with Gasteiger partial charge in [-0.2, -0.15) is 0 Å². The van der Waals surface area contributed by atoms with Crippen molar-refractivity contribution < 1.29 is 19.1 Å². The first-order chi connectivity index (χ1) is 13.3. The minimum Gasteiger partial charge on any atom is -0.459 e. The summed E-state index contributed by atoms with van der Waals surface area (Å²) in [7, 11) is 0. The Balaban J connectivity index is 4.56. The molecule has 0 fully saturated rings. The van der Waals surface area contributed by atoms with Gasteiger partial charge < -0.3 is 9.47 Å². The van der Waals surface area contributed by atoms with Crippen molar-refractivity contribution in [3.05, 3.63) is 12.2 Å². The molecule has 28 heavy (non-hydrogen) atoms. The van der Waals surface area contributed by atoms with Crippen molar-refractivity contribution in [2.24, 2.45) is 11.8 Å². The van der Waals surface area contributed by atoms with Crippen LogP contribution in [0.1, 0.15) is 106 Å². The zero-order chi connectivity index (χ0) is 21.4. The Morgan fingerprint density at radius 2 is 1.00 bits per heavy atom. The highest BCUT2D eigenvalue weighted by Gasteiger charge is 2.15. The van der Waals surface area contributed by atoms with Crippen molar-refractivity contribution in [2.45, 2.75) is 118 Å². The topological polar surface area (TPSA) is 52.6 Å². The Labute approximate surface area is 173 Å². The number of rotatable bonds is 16. The van der Waals surface area contributed by atoms with Crippen LogP contribution in [-0.4, -0.2) is 24.1 Å². The molecule has 0 aromatic rings. The number of ether oxygens (including phenoxy) is 2. The molecule has 0 aromatic carbocycles. The van der Waals surface area contributed by atoms with Crippen LogP contribution in [0.4, 0.5) is 0 Å². The molecule has 0 bridgehead atoms. The fourth-order valence-electron chi connectivity index (χ4n) is 2.97. The summed E-state index contributed by atoms with van der Waals surface area (Å²) < 4.78 is 11.1. The van der Waals surface area contributed by atoms with Crippen LogP contribution in [-0.2, 0) is 19.1 Å². The molecule has 4 heteroatoms. The molecule has 0 aromatic heterocycles. The van der Waals surface area contributed by atoms with E-state index in [-0.39, 0.29) is 12.2 Å². The van der Waals surface area contributed by atoms with Gasteiger partial charge in [0.25, 0.3) is 0 Å². The lowest BCUT2D eigenvalue weighted by atomic mass is 10.0. The van der Waals surface area contributed by atoms with Crippen LogP contribution in [0.5, 0.6) is 0 Å². The molecule has 0 heterocycles. The van der Waals surface area contributed by atoms with Crippen molar-refractivity contribution in [3.63, 3.8) is 0 Å². The predicted molar refractivity (Wildman–Crippen MR) is 116 cm³/mol. The average molecular weight is 397 g/mol. The second-order valence-electron chi connectivity index (χ2n) is 8.68. The van der Waals surface area contributed by atoms with E-state index in [4.69, 9.17) is 9.47 Å². The van der Waals surface area contributed by atoms with Gasteiger partial charge in [-0.25, -0.2) is 9.59 Å². The van der Waals surface area contributed by atoms with Crippen molar-refractivity contribution >= 4 is 11.9 Å². The van der Waals surface area contributed by atoms with Gasteiger partial charge in [-0.3, -0.25) is 0 Å². The van der Waals surface area contributed by atoms with E-state index < -0.39 is 11.9 Å². The van der Waals surface area contributed by atoms with Gasteiger partial charge >= 0.3 is 11.9 Å². The molecular weight excluding hydrogens is 352 g/mol. The van der Waals surface area contributed by atoms with Gasteiger partial charge in [-0.1, -0.05) is 67.2 Å². The van der Waals surface area contributed by atoms with E-state index in [1.165, 1.54) is 12.2 Å². The van der Waals surface area contributed by atoms with E-state index in [9.17, 15) is 9.59 Å². The molecule has 4 nitrogen and oxygen atoms in total. The third kappa shape index (κ3) is 15.7. The van der Waals surface area contributed by atoms with E-state index in [1.54, 1.807) is 0 Å². The van der Waals surface area contributed by atoms with Gasteiger partial charge in [0, 0.05) is 12.2 Å². The molecule has 0 N–H and O–H groups in total. The monoisotopic (exact) mass is 396 g/mol. The first kappa shape index (κ1) is 26.7. The number of hydrogen-bond donors (Lipinski definition) is 0. The summed E-state index contributed by atoms with van der Waals surface area (Å²) in [6, 6.07) is 0. The Morgan fingerprint density at radius 3 is 1.29 bits per heavy atom. The molecule has 0 aliphatic carbocycles. The van der Waals surface area contributed by atoms with Crippen LogP contribution >= 0.6 is 0 Å². The Hall–Kier alpha value is -1.32. The summed E-state index contributed by atoms with van der Waals surface area (Å²) in [5, 5.41) is 0. The Bertz CT molecular complexity index is 400. The summed E-state index contributed by atoms with van der Waals surface area (Å²) in [4.78, 5) is 24.2. The summed E-state index contributed by atoms with van der Waals surface area (Å²) in [6.45, 7) is 12.9. The fraction of sp³-hybridized carbons (Fsp3) is 0.833. The van der Waals surface area contributed by atoms with Crippen LogP contribution < -0.4 is 0 Å². The smallest absolute Gasteiger partial charge is 0.331 e. The largest absolute Gasteiger partial charge is 0.459 e. The van der Waals surface area contributed by atoms with Gasteiger partial charge in [-0.05, 0) is 50.4 Å². The molecular formula is C24H44O4. The number of hydrogen-bond acceptors (Lipinski definition) is 4. The van der Waals surface area contributed by atoms with E-state index in [0.717, 1.165) is 64.2 Å². The minimum atomic E-state index is -0.450. The second-order valence-corrected chi connectivity index (χ2v) is 8.68. The van der Waals surface area contributed by atoms with E-state index in [0.29, 0.717) is 11.8 Å². The quantitative estimate of drug-likeness (QED) is 0.217. The third-order valence-corrected chi connectivity index (χ3v) is 4.81. The molecule has 2 atom stereocenters. The van der Waals surface area contributed by atoms with Crippen LogP contribution in [0.15, 0.2) is 12.2 Å². The molecule has 0 amide bonds. The zero-order valence-electron chi connectivity index (χ0n) is 19.2. The maximum Gasteiger partial charge on any atom is 0.331 e. The second kappa shape index (κ2) is 16.6. The Morgan fingerprint density at radius 1 is 0.643 bits per heavy atom. The van der Waals surface area contributed by atoms with E-state index in [2.05, 4.69) is 41.5 Å².